The molecule has 0 aliphatic rings. The topological polar surface area (TPSA) is 77.0 Å². The maximum Gasteiger partial charge on any atom is 0.387 e. The molecule has 0 aliphatic heterocycles. The highest BCUT2D eigenvalue weighted by Crippen LogP contribution is 2.24. The van der Waals surface area contributed by atoms with E-state index in [0.717, 1.165) is 5.56 Å². The van der Waals surface area contributed by atoms with Gasteiger partial charge in [-0.05, 0) is 23.8 Å². The molecular formula is C19H23ClF2N4O3. The first kappa shape index (κ1) is 22.6. The smallest absolute Gasteiger partial charge is 0.387 e. The zero-order chi connectivity index (χ0) is 21.1. The van der Waals surface area contributed by atoms with Crippen LogP contribution in [0.1, 0.15) is 11.1 Å². The van der Waals surface area contributed by atoms with Gasteiger partial charge in [0, 0.05) is 50.1 Å². The summed E-state index contributed by atoms with van der Waals surface area (Å²) in [5.41, 5.74) is 1.40. The molecule has 1 aromatic heterocycles. The third-order valence-electron chi connectivity index (χ3n) is 3.70. The molecule has 0 saturated heterocycles. The Hall–Kier alpha value is -2.65. The fourth-order valence-corrected chi connectivity index (χ4v) is 2.51. The Morgan fingerprint density at radius 3 is 2.62 bits per heavy atom. The van der Waals surface area contributed by atoms with Crippen molar-refractivity contribution in [3.05, 3.63) is 52.7 Å². The first-order chi connectivity index (χ1) is 14.0. The van der Waals surface area contributed by atoms with E-state index in [9.17, 15) is 8.78 Å². The lowest BCUT2D eigenvalue weighted by molar-refractivity contribution is -0.0504. The number of aliphatic imine (C=N–C) groups is 1. The number of nitrogens with zero attached hydrogens (tertiary/aromatic N) is 2. The Labute approximate surface area is 173 Å². The largest absolute Gasteiger partial charge is 0.475 e. The Balaban J connectivity index is 1.88. The molecule has 0 atom stereocenters. The highest BCUT2D eigenvalue weighted by molar-refractivity contribution is 6.30. The predicted molar refractivity (Wildman–Crippen MR) is 107 cm³/mol. The zero-order valence-electron chi connectivity index (χ0n) is 16.1. The van der Waals surface area contributed by atoms with Crippen molar-refractivity contribution >= 4 is 17.6 Å². The van der Waals surface area contributed by atoms with Gasteiger partial charge < -0.3 is 24.8 Å². The van der Waals surface area contributed by atoms with Gasteiger partial charge in [0.05, 0.1) is 6.61 Å². The number of methoxy groups -OCH3 is 1. The minimum atomic E-state index is -2.92. The Morgan fingerprint density at radius 1 is 1.17 bits per heavy atom. The molecule has 29 heavy (non-hydrogen) atoms. The Bertz CT molecular complexity index is 792. The molecule has 0 spiro atoms. The molecular weight excluding hydrogens is 406 g/mol. The van der Waals surface area contributed by atoms with Gasteiger partial charge in [-0.25, -0.2) is 4.98 Å². The molecule has 2 aromatic rings. The van der Waals surface area contributed by atoms with E-state index in [1.54, 1.807) is 32.5 Å². The number of benzene rings is 1. The zero-order valence-corrected chi connectivity index (χ0v) is 16.9. The summed E-state index contributed by atoms with van der Waals surface area (Å²) in [5, 5.41) is 6.58. The fraction of sp³-hybridized carbons (Fsp3) is 0.368. The molecule has 0 bridgehead atoms. The van der Waals surface area contributed by atoms with Crippen molar-refractivity contribution in [2.75, 3.05) is 27.4 Å². The van der Waals surface area contributed by atoms with Crippen molar-refractivity contribution < 1.29 is 23.0 Å². The molecule has 0 radical (unpaired) electrons. The Morgan fingerprint density at radius 2 is 1.97 bits per heavy atom. The Kier molecular flexibility index (Phi) is 9.39. The molecule has 2 N–H and O–H groups in total. The fourth-order valence-electron chi connectivity index (χ4n) is 2.31. The average molecular weight is 429 g/mol. The van der Waals surface area contributed by atoms with Crippen LogP contribution in [-0.2, 0) is 17.8 Å². The number of hydrogen-bond donors (Lipinski definition) is 2. The first-order valence-electron chi connectivity index (χ1n) is 8.76. The van der Waals surface area contributed by atoms with Crippen molar-refractivity contribution in [1.29, 1.82) is 0 Å². The second-order valence-corrected chi connectivity index (χ2v) is 6.19. The third-order valence-corrected chi connectivity index (χ3v) is 3.94. The van der Waals surface area contributed by atoms with Gasteiger partial charge in [0.2, 0.25) is 5.88 Å². The minimum absolute atomic E-state index is 0.0561. The molecule has 10 heteroatoms. The lowest BCUT2D eigenvalue weighted by Crippen LogP contribution is -2.36. The quantitative estimate of drug-likeness (QED) is 0.344. The van der Waals surface area contributed by atoms with E-state index in [1.807, 2.05) is 6.07 Å². The second-order valence-electron chi connectivity index (χ2n) is 5.76. The van der Waals surface area contributed by atoms with Crippen LogP contribution < -0.4 is 20.1 Å². The van der Waals surface area contributed by atoms with Crippen LogP contribution in [0.5, 0.6) is 11.6 Å². The number of guanidine groups is 1. The maximum atomic E-state index is 12.6. The van der Waals surface area contributed by atoms with Crippen LogP contribution in [0.4, 0.5) is 8.78 Å². The highest BCUT2D eigenvalue weighted by atomic mass is 35.5. The van der Waals surface area contributed by atoms with Crippen molar-refractivity contribution in [1.82, 2.24) is 15.6 Å². The molecule has 0 fully saturated rings. The first-order valence-corrected chi connectivity index (χ1v) is 9.14. The van der Waals surface area contributed by atoms with Crippen molar-refractivity contribution in [3.8, 4) is 11.6 Å². The standard InChI is InChI=1S/C19H23ClF2N4O3/c1-23-19(25-11-13-3-6-17(24-10-13)28-8-7-27-2)26-12-14-9-15(20)4-5-16(14)29-18(21)22/h3-6,9-10,18H,7-8,11-12H2,1-2H3,(H2,23,25,26). The lowest BCUT2D eigenvalue weighted by Gasteiger charge is -2.15. The van der Waals surface area contributed by atoms with Crippen molar-refractivity contribution in [2.45, 2.75) is 19.7 Å². The summed E-state index contributed by atoms with van der Waals surface area (Å²) in [4.78, 5) is 8.33. The van der Waals surface area contributed by atoms with Crippen LogP contribution in [0.25, 0.3) is 0 Å². The van der Waals surface area contributed by atoms with E-state index in [1.165, 1.54) is 12.1 Å². The number of hydrogen-bond acceptors (Lipinski definition) is 5. The number of nitrogens with one attached hydrogen (secondary N) is 2. The summed E-state index contributed by atoms with van der Waals surface area (Å²) in [6, 6.07) is 8.10. The molecule has 0 aliphatic carbocycles. The summed E-state index contributed by atoms with van der Waals surface area (Å²) >= 11 is 5.96. The monoisotopic (exact) mass is 428 g/mol. The molecule has 1 aromatic carbocycles. The van der Waals surface area contributed by atoms with Gasteiger partial charge in [-0.15, -0.1) is 0 Å². The average Bonchev–Trinajstić information content (AvgIpc) is 2.71. The van der Waals surface area contributed by atoms with Crippen LogP contribution in [0.2, 0.25) is 5.02 Å². The molecule has 0 amide bonds. The van der Waals surface area contributed by atoms with Gasteiger partial charge in [-0.3, -0.25) is 4.99 Å². The van der Waals surface area contributed by atoms with Crippen LogP contribution in [0.3, 0.4) is 0 Å². The van der Waals surface area contributed by atoms with Gasteiger partial charge in [0.25, 0.3) is 0 Å². The predicted octanol–water partition coefficient (Wildman–Crippen LogP) is 3.23. The number of ether oxygens (including phenoxy) is 3. The number of aromatic nitrogens is 1. The molecule has 2 rings (SSSR count). The van der Waals surface area contributed by atoms with Crippen molar-refractivity contribution in [2.24, 2.45) is 4.99 Å². The molecule has 0 saturated carbocycles. The van der Waals surface area contributed by atoms with Gasteiger partial charge in [-0.1, -0.05) is 17.7 Å². The number of rotatable bonds is 10. The second kappa shape index (κ2) is 12.0. The summed E-state index contributed by atoms with van der Waals surface area (Å²) in [5.74, 6) is 1.05. The summed E-state index contributed by atoms with van der Waals surface area (Å²) in [6.07, 6.45) is 1.69. The van der Waals surface area contributed by atoms with Gasteiger partial charge in [-0.2, -0.15) is 8.78 Å². The molecule has 158 valence electrons. The van der Waals surface area contributed by atoms with E-state index in [0.29, 0.717) is 42.2 Å². The van der Waals surface area contributed by atoms with E-state index in [2.05, 4.69) is 25.3 Å². The van der Waals surface area contributed by atoms with Crippen LogP contribution in [0.15, 0.2) is 41.5 Å². The maximum absolute atomic E-state index is 12.6. The summed E-state index contributed by atoms with van der Waals surface area (Å²) < 4.78 is 40.0. The van der Waals surface area contributed by atoms with Crippen LogP contribution >= 0.6 is 11.6 Å². The molecule has 0 unspecified atom stereocenters. The molecule has 7 nitrogen and oxygen atoms in total. The normalized spacial score (nSPS) is 11.4. The minimum Gasteiger partial charge on any atom is -0.475 e. The lowest BCUT2D eigenvalue weighted by atomic mass is 10.2. The van der Waals surface area contributed by atoms with Gasteiger partial charge >= 0.3 is 6.61 Å². The van der Waals surface area contributed by atoms with Crippen LogP contribution in [-0.4, -0.2) is 44.9 Å². The van der Waals surface area contributed by atoms with E-state index >= 15 is 0 Å². The van der Waals surface area contributed by atoms with E-state index in [4.69, 9.17) is 21.1 Å². The highest BCUT2D eigenvalue weighted by Gasteiger charge is 2.11. The number of halogens is 3. The SMILES string of the molecule is CN=C(NCc1ccc(OCCOC)nc1)NCc1cc(Cl)ccc1OC(F)F. The summed E-state index contributed by atoms with van der Waals surface area (Å²) in [7, 11) is 3.21. The van der Waals surface area contributed by atoms with E-state index < -0.39 is 6.61 Å². The third kappa shape index (κ3) is 8.08. The number of alkyl halides is 2. The number of pyridine rings is 1. The summed E-state index contributed by atoms with van der Waals surface area (Å²) in [6.45, 7) is -1.34. The van der Waals surface area contributed by atoms with Gasteiger partial charge in [0.15, 0.2) is 5.96 Å². The molecule has 1 heterocycles. The van der Waals surface area contributed by atoms with E-state index in [-0.39, 0.29) is 12.3 Å². The van der Waals surface area contributed by atoms with Crippen molar-refractivity contribution in [3.63, 3.8) is 0 Å². The van der Waals surface area contributed by atoms with Crippen LogP contribution in [0, 0.1) is 0 Å². The van der Waals surface area contributed by atoms with Gasteiger partial charge in [0.1, 0.15) is 12.4 Å².